The van der Waals surface area contributed by atoms with Gasteiger partial charge in [-0.15, -0.1) is 0 Å². The van der Waals surface area contributed by atoms with E-state index >= 15 is 0 Å². The highest BCUT2D eigenvalue weighted by molar-refractivity contribution is 5.81. The molecule has 4 nitrogen and oxygen atoms in total. The Bertz CT molecular complexity index is 878. The Balaban J connectivity index is 1.40. The number of fused-ring (bicyclic) bond motifs is 1. The lowest BCUT2D eigenvalue weighted by molar-refractivity contribution is -0.0136. The number of halogens is 1. The fraction of sp³-hybridized carbons (Fsp3) is 0.381. The van der Waals surface area contributed by atoms with Crippen molar-refractivity contribution in [3.63, 3.8) is 0 Å². The molecule has 0 aliphatic carbocycles. The largest absolute Gasteiger partial charge is 0.371 e. The van der Waals surface area contributed by atoms with Crippen LogP contribution < -0.4 is 0 Å². The Morgan fingerprint density at radius 2 is 2.15 bits per heavy atom. The number of likely N-dealkylation sites (tertiary alicyclic amines) is 1. The molecule has 0 saturated carbocycles. The van der Waals surface area contributed by atoms with E-state index in [1.165, 1.54) is 11.8 Å². The molecule has 0 unspecified atom stereocenters. The lowest BCUT2D eigenvalue weighted by Gasteiger charge is -2.32. The summed E-state index contributed by atoms with van der Waals surface area (Å²) in [6.07, 6.45) is 4.25. The number of hydrogen-bond donors (Lipinski definition) is 0. The predicted molar refractivity (Wildman–Crippen MR) is 100 cm³/mol. The van der Waals surface area contributed by atoms with Crippen LogP contribution in [0.4, 0.5) is 4.39 Å². The molecular weight excluding hydrogens is 329 g/mol. The SMILES string of the molecule is Cn1c(CN2CCC[C@@H](OCc3ccccn3)C2)cc2cc(F)ccc21. The van der Waals surface area contributed by atoms with Crippen LogP contribution in [0, 0.1) is 5.82 Å². The molecule has 1 aliphatic heterocycles. The van der Waals surface area contributed by atoms with Crippen molar-refractivity contribution >= 4 is 10.9 Å². The van der Waals surface area contributed by atoms with Crippen molar-refractivity contribution in [1.29, 1.82) is 0 Å². The smallest absolute Gasteiger partial charge is 0.123 e. The summed E-state index contributed by atoms with van der Waals surface area (Å²) in [5.74, 6) is -0.185. The second-order valence-electron chi connectivity index (χ2n) is 7.03. The van der Waals surface area contributed by atoms with E-state index in [9.17, 15) is 4.39 Å². The van der Waals surface area contributed by atoms with Gasteiger partial charge in [-0.05, 0) is 55.8 Å². The molecule has 0 amide bonds. The molecule has 3 heterocycles. The first kappa shape index (κ1) is 17.2. The molecule has 5 heteroatoms. The Morgan fingerprint density at radius 1 is 1.23 bits per heavy atom. The number of rotatable bonds is 5. The van der Waals surface area contributed by atoms with Gasteiger partial charge in [-0.2, -0.15) is 0 Å². The summed E-state index contributed by atoms with van der Waals surface area (Å²) in [6.45, 7) is 3.41. The number of hydrogen-bond acceptors (Lipinski definition) is 3. The maximum Gasteiger partial charge on any atom is 0.123 e. The minimum Gasteiger partial charge on any atom is -0.371 e. The van der Waals surface area contributed by atoms with Crippen LogP contribution in [0.15, 0.2) is 48.7 Å². The first-order valence-corrected chi connectivity index (χ1v) is 9.17. The summed E-state index contributed by atoms with van der Waals surface area (Å²) in [6, 6.07) is 13.0. The van der Waals surface area contributed by atoms with Gasteiger partial charge in [0.1, 0.15) is 5.82 Å². The third kappa shape index (κ3) is 3.79. The Labute approximate surface area is 153 Å². The van der Waals surface area contributed by atoms with E-state index in [-0.39, 0.29) is 11.9 Å². The molecule has 0 spiro atoms. The number of aromatic nitrogens is 2. The van der Waals surface area contributed by atoms with Crippen molar-refractivity contribution in [2.75, 3.05) is 13.1 Å². The summed E-state index contributed by atoms with van der Waals surface area (Å²) in [5, 5.41) is 0.961. The number of pyridine rings is 1. The standard InChI is InChI=1S/C21H24FN3O/c1-24-19(12-16-11-17(22)7-8-21(16)24)13-25-10-4-6-20(14-25)26-15-18-5-2-3-9-23-18/h2-3,5,7-9,11-12,20H,4,6,10,13-15H2,1H3/t20-/m1/s1. The van der Waals surface area contributed by atoms with E-state index in [4.69, 9.17) is 4.74 Å². The lowest BCUT2D eigenvalue weighted by atomic mass is 10.1. The van der Waals surface area contributed by atoms with E-state index in [1.807, 2.05) is 24.3 Å². The maximum absolute atomic E-state index is 13.5. The topological polar surface area (TPSA) is 30.3 Å². The summed E-state index contributed by atoms with van der Waals surface area (Å²) in [5.41, 5.74) is 3.25. The molecule has 1 fully saturated rings. The van der Waals surface area contributed by atoms with Gasteiger partial charge >= 0.3 is 0 Å². The van der Waals surface area contributed by atoms with Crippen LogP contribution in [0.3, 0.4) is 0 Å². The normalized spacial score (nSPS) is 18.5. The molecule has 1 atom stereocenters. The molecule has 1 aliphatic rings. The fourth-order valence-corrected chi connectivity index (χ4v) is 3.74. The minimum atomic E-state index is -0.185. The molecule has 0 N–H and O–H groups in total. The zero-order valence-corrected chi connectivity index (χ0v) is 15.1. The summed E-state index contributed by atoms with van der Waals surface area (Å²) in [4.78, 5) is 6.75. The molecule has 3 aromatic rings. The van der Waals surface area contributed by atoms with Crippen LogP contribution in [0.2, 0.25) is 0 Å². The van der Waals surface area contributed by atoms with Crippen molar-refractivity contribution in [2.24, 2.45) is 7.05 Å². The van der Waals surface area contributed by atoms with Crippen LogP contribution in [0.1, 0.15) is 24.2 Å². The van der Waals surface area contributed by atoms with Crippen LogP contribution in [-0.2, 0) is 24.9 Å². The molecular formula is C21H24FN3O. The molecule has 1 saturated heterocycles. The third-order valence-electron chi connectivity index (χ3n) is 5.14. The van der Waals surface area contributed by atoms with Crippen LogP contribution in [-0.4, -0.2) is 33.6 Å². The highest BCUT2D eigenvalue weighted by Gasteiger charge is 2.21. The highest BCUT2D eigenvalue weighted by Crippen LogP contribution is 2.23. The molecule has 0 bridgehead atoms. The monoisotopic (exact) mass is 353 g/mol. The Hall–Kier alpha value is -2.24. The number of ether oxygens (including phenoxy) is 1. The molecule has 136 valence electrons. The van der Waals surface area contributed by atoms with Crippen LogP contribution >= 0.6 is 0 Å². The van der Waals surface area contributed by atoms with Gasteiger partial charge in [-0.1, -0.05) is 6.07 Å². The second kappa shape index (κ2) is 7.56. The maximum atomic E-state index is 13.5. The average Bonchev–Trinajstić information content (AvgIpc) is 2.96. The van der Waals surface area contributed by atoms with Crippen molar-refractivity contribution in [1.82, 2.24) is 14.5 Å². The van der Waals surface area contributed by atoms with Gasteiger partial charge in [-0.3, -0.25) is 9.88 Å². The van der Waals surface area contributed by atoms with Gasteiger partial charge in [0.15, 0.2) is 0 Å². The zero-order valence-electron chi connectivity index (χ0n) is 15.1. The Kier molecular flexibility index (Phi) is 5.00. The van der Waals surface area contributed by atoms with Gasteiger partial charge in [0, 0.05) is 42.9 Å². The fourth-order valence-electron chi connectivity index (χ4n) is 3.74. The Morgan fingerprint density at radius 3 is 3.00 bits per heavy atom. The highest BCUT2D eigenvalue weighted by atomic mass is 19.1. The predicted octanol–water partition coefficient (Wildman–Crippen LogP) is 3.89. The summed E-state index contributed by atoms with van der Waals surface area (Å²) >= 11 is 0. The van der Waals surface area contributed by atoms with Gasteiger partial charge in [0.05, 0.1) is 18.4 Å². The van der Waals surface area contributed by atoms with E-state index in [0.717, 1.165) is 49.1 Å². The van der Waals surface area contributed by atoms with E-state index in [1.54, 1.807) is 12.3 Å². The molecule has 4 rings (SSSR count). The van der Waals surface area contributed by atoms with Crippen molar-refractivity contribution in [3.05, 3.63) is 65.9 Å². The van der Waals surface area contributed by atoms with Crippen LogP contribution in [0.5, 0.6) is 0 Å². The van der Waals surface area contributed by atoms with E-state index in [2.05, 4.69) is 27.6 Å². The molecule has 26 heavy (non-hydrogen) atoms. The van der Waals surface area contributed by atoms with Crippen molar-refractivity contribution in [3.8, 4) is 0 Å². The van der Waals surface area contributed by atoms with Crippen LogP contribution in [0.25, 0.3) is 10.9 Å². The molecule has 2 aromatic heterocycles. The molecule has 1 aromatic carbocycles. The van der Waals surface area contributed by atoms with E-state index in [0.29, 0.717) is 6.61 Å². The quantitative estimate of drug-likeness (QED) is 0.697. The summed E-state index contributed by atoms with van der Waals surface area (Å²) in [7, 11) is 2.05. The molecule has 0 radical (unpaired) electrons. The summed E-state index contributed by atoms with van der Waals surface area (Å²) < 4.78 is 21.7. The number of piperidine rings is 1. The van der Waals surface area contributed by atoms with Gasteiger partial charge in [0.2, 0.25) is 0 Å². The first-order valence-electron chi connectivity index (χ1n) is 9.17. The minimum absolute atomic E-state index is 0.185. The van der Waals surface area contributed by atoms with Crippen molar-refractivity contribution in [2.45, 2.75) is 32.1 Å². The number of benzene rings is 1. The van der Waals surface area contributed by atoms with Gasteiger partial charge < -0.3 is 9.30 Å². The lowest BCUT2D eigenvalue weighted by Crippen LogP contribution is -2.39. The van der Waals surface area contributed by atoms with Gasteiger partial charge in [0.25, 0.3) is 0 Å². The zero-order chi connectivity index (χ0) is 17.9. The van der Waals surface area contributed by atoms with Gasteiger partial charge in [-0.25, -0.2) is 4.39 Å². The van der Waals surface area contributed by atoms with Crippen molar-refractivity contribution < 1.29 is 9.13 Å². The second-order valence-corrected chi connectivity index (χ2v) is 7.03. The third-order valence-corrected chi connectivity index (χ3v) is 5.14. The number of aryl methyl sites for hydroxylation is 1. The average molecular weight is 353 g/mol. The van der Waals surface area contributed by atoms with E-state index < -0.39 is 0 Å². The number of nitrogens with zero attached hydrogens (tertiary/aromatic N) is 3. The first-order chi connectivity index (χ1) is 12.7.